The van der Waals surface area contributed by atoms with Crippen LogP contribution in [0.3, 0.4) is 0 Å². The third-order valence-corrected chi connectivity index (χ3v) is 5.80. The van der Waals surface area contributed by atoms with E-state index < -0.39 is 17.6 Å². The average Bonchev–Trinajstić information content (AvgIpc) is 2.82. The minimum absolute atomic E-state index is 0.0408. The summed E-state index contributed by atoms with van der Waals surface area (Å²) in [4.78, 5) is 35.6. The molecular formula is C24H39N7O3. The third kappa shape index (κ3) is 6.93. The number of nitrogens with one attached hydrogen (secondary N) is 3. The van der Waals surface area contributed by atoms with E-state index in [1.54, 1.807) is 7.05 Å². The highest BCUT2D eigenvalue weighted by atomic mass is 16.5. The number of aliphatic imine (C=N–C) groups is 2. The normalized spacial score (nSPS) is 20.6. The number of anilines is 1. The van der Waals surface area contributed by atoms with E-state index in [9.17, 15) is 9.59 Å². The van der Waals surface area contributed by atoms with E-state index in [4.69, 9.17) is 15.5 Å². The summed E-state index contributed by atoms with van der Waals surface area (Å²) in [7, 11) is 3.70. The molecule has 5 N–H and O–H groups in total. The summed E-state index contributed by atoms with van der Waals surface area (Å²) >= 11 is 0. The quantitative estimate of drug-likeness (QED) is 0.339. The topological polar surface area (TPSA) is 133 Å². The number of likely N-dealkylation sites (N-methyl/N-ethyl adjacent to an activating group) is 1. The molecule has 1 aliphatic heterocycles. The molecule has 34 heavy (non-hydrogen) atoms. The van der Waals surface area contributed by atoms with Crippen molar-refractivity contribution in [1.29, 1.82) is 0 Å². The summed E-state index contributed by atoms with van der Waals surface area (Å²) in [5, 5.41) is 9.12. The molecule has 2 unspecified atom stereocenters. The van der Waals surface area contributed by atoms with E-state index in [1.807, 2.05) is 63.9 Å². The number of benzene rings is 1. The van der Waals surface area contributed by atoms with Gasteiger partial charge in [0, 0.05) is 31.9 Å². The summed E-state index contributed by atoms with van der Waals surface area (Å²) in [6.45, 7) is 9.39. The van der Waals surface area contributed by atoms with Gasteiger partial charge in [-0.1, -0.05) is 13.0 Å². The van der Waals surface area contributed by atoms with Crippen molar-refractivity contribution >= 4 is 29.0 Å². The van der Waals surface area contributed by atoms with Crippen LogP contribution in [0.15, 0.2) is 34.3 Å². The molecule has 0 saturated heterocycles. The molecule has 10 nitrogen and oxygen atoms in total. The van der Waals surface area contributed by atoms with Crippen molar-refractivity contribution in [2.24, 2.45) is 15.7 Å². The molecule has 1 aromatic carbocycles. The number of ether oxygens (including phenoxy) is 1. The van der Waals surface area contributed by atoms with E-state index in [0.29, 0.717) is 31.7 Å². The van der Waals surface area contributed by atoms with Gasteiger partial charge in [-0.15, -0.1) is 0 Å². The maximum atomic E-state index is 12.3. The molecule has 1 heterocycles. The first kappa shape index (κ1) is 27.1. The van der Waals surface area contributed by atoms with Crippen molar-refractivity contribution in [2.75, 3.05) is 39.1 Å². The fourth-order valence-electron chi connectivity index (χ4n) is 3.54. The predicted octanol–water partition coefficient (Wildman–Crippen LogP) is 1.38. The second-order valence-corrected chi connectivity index (χ2v) is 8.49. The van der Waals surface area contributed by atoms with Crippen LogP contribution in [0.4, 0.5) is 5.69 Å². The average molecular weight is 474 g/mol. The maximum Gasteiger partial charge on any atom is 0.246 e. The van der Waals surface area contributed by atoms with Gasteiger partial charge >= 0.3 is 0 Å². The lowest BCUT2D eigenvalue weighted by Crippen LogP contribution is -2.56. The Morgan fingerprint density at radius 3 is 2.68 bits per heavy atom. The Hall–Kier alpha value is -3.14. The van der Waals surface area contributed by atoms with Gasteiger partial charge in [-0.25, -0.2) is 4.99 Å². The SMILES string of the molecule is CCC1=NC(C(N)=O)C(C)(Nc2cccc(OCCCNC(=O)[C@H](C)NC)c2)N=C1N(C)CC. The Morgan fingerprint density at radius 2 is 2.06 bits per heavy atom. The first-order valence-corrected chi connectivity index (χ1v) is 11.8. The van der Waals surface area contributed by atoms with Crippen LogP contribution in [0.25, 0.3) is 0 Å². The summed E-state index contributed by atoms with van der Waals surface area (Å²) < 4.78 is 5.85. The lowest BCUT2D eigenvalue weighted by Gasteiger charge is -2.38. The van der Waals surface area contributed by atoms with Gasteiger partial charge in [-0.05, 0) is 52.8 Å². The number of carbonyl (C=O) groups excluding carboxylic acids is 2. The molecule has 2 rings (SSSR count). The smallest absolute Gasteiger partial charge is 0.246 e. The Bertz CT molecular complexity index is 918. The molecule has 0 radical (unpaired) electrons. The lowest BCUT2D eigenvalue weighted by atomic mass is 9.98. The predicted molar refractivity (Wildman–Crippen MR) is 137 cm³/mol. The Balaban J connectivity index is 2.09. The standard InChI is InChI=1S/C24H39N7O3/c1-7-19-22(31(6)8-2)30-24(4,20(28-19)21(25)32)29-17-11-9-12-18(15-17)34-14-10-13-27-23(33)16(3)26-5/h9,11-12,15-16,20,26,29H,7-8,10,13-14H2,1-6H3,(H2,25,32)(H,27,33)/t16-,20?,24?/m0/s1. The van der Waals surface area contributed by atoms with Crippen LogP contribution < -0.4 is 26.4 Å². The van der Waals surface area contributed by atoms with E-state index in [1.165, 1.54) is 0 Å². The van der Waals surface area contributed by atoms with Gasteiger partial charge in [0.25, 0.3) is 0 Å². The van der Waals surface area contributed by atoms with Crippen LogP contribution in [-0.2, 0) is 9.59 Å². The van der Waals surface area contributed by atoms with Crippen LogP contribution in [0, 0.1) is 0 Å². The van der Waals surface area contributed by atoms with E-state index >= 15 is 0 Å². The molecule has 2 amide bonds. The zero-order chi connectivity index (χ0) is 25.3. The number of amidine groups is 1. The summed E-state index contributed by atoms with van der Waals surface area (Å²) in [5.41, 5.74) is 6.17. The zero-order valence-corrected chi connectivity index (χ0v) is 21.1. The molecule has 1 aliphatic rings. The monoisotopic (exact) mass is 473 g/mol. The van der Waals surface area contributed by atoms with Gasteiger partial charge in [0.2, 0.25) is 11.8 Å². The number of hydrogen-bond donors (Lipinski definition) is 4. The molecule has 188 valence electrons. The number of rotatable bonds is 12. The minimum Gasteiger partial charge on any atom is -0.493 e. The summed E-state index contributed by atoms with van der Waals surface area (Å²) in [5.74, 6) is 0.841. The number of nitrogens with zero attached hydrogens (tertiary/aromatic N) is 3. The number of primary amides is 1. The van der Waals surface area contributed by atoms with Gasteiger partial charge in [0.15, 0.2) is 11.7 Å². The highest BCUT2D eigenvalue weighted by Gasteiger charge is 2.42. The van der Waals surface area contributed by atoms with E-state index in [-0.39, 0.29) is 11.9 Å². The van der Waals surface area contributed by atoms with Gasteiger partial charge in [0.05, 0.1) is 18.4 Å². The highest BCUT2D eigenvalue weighted by Crippen LogP contribution is 2.28. The van der Waals surface area contributed by atoms with Crippen molar-refractivity contribution in [2.45, 2.75) is 58.3 Å². The molecule has 10 heteroatoms. The summed E-state index contributed by atoms with van der Waals surface area (Å²) in [6.07, 6.45) is 1.33. The van der Waals surface area contributed by atoms with Crippen molar-refractivity contribution in [3.8, 4) is 5.75 Å². The van der Waals surface area contributed by atoms with Crippen molar-refractivity contribution < 1.29 is 14.3 Å². The first-order chi connectivity index (χ1) is 16.1. The van der Waals surface area contributed by atoms with Crippen molar-refractivity contribution in [3.63, 3.8) is 0 Å². The number of amides is 2. The number of carbonyl (C=O) groups is 2. The van der Waals surface area contributed by atoms with Crippen molar-refractivity contribution in [3.05, 3.63) is 24.3 Å². The van der Waals surface area contributed by atoms with Gasteiger partial charge in [-0.2, -0.15) is 0 Å². The van der Waals surface area contributed by atoms with E-state index in [0.717, 1.165) is 23.8 Å². The van der Waals surface area contributed by atoms with Gasteiger partial charge < -0.3 is 31.3 Å². The first-order valence-electron chi connectivity index (χ1n) is 11.8. The Morgan fingerprint density at radius 1 is 1.32 bits per heavy atom. The molecule has 3 atom stereocenters. The fourth-order valence-corrected chi connectivity index (χ4v) is 3.54. The van der Waals surface area contributed by atoms with Gasteiger partial charge in [-0.3, -0.25) is 14.6 Å². The second kappa shape index (κ2) is 12.4. The summed E-state index contributed by atoms with van der Waals surface area (Å²) in [6, 6.07) is 6.38. The Labute approximate surface area is 202 Å². The second-order valence-electron chi connectivity index (χ2n) is 8.49. The van der Waals surface area contributed by atoms with Crippen LogP contribution >= 0.6 is 0 Å². The molecule has 0 aromatic heterocycles. The van der Waals surface area contributed by atoms with Crippen LogP contribution in [0.5, 0.6) is 5.75 Å². The van der Waals surface area contributed by atoms with E-state index in [2.05, 4.69) is 20.9 Å². The molecule has 0 bridgehead atoms. The van der Waals surface area contributed by atoms with Gasteiger partial charge in [0.1, 0.15) is 11.6 Å². The third-order valence-electron chi connectivity index (χ3n) is 5.80. The zero-order valence-electron chi connectivity index (χ0n) is 21.1. The molecular weight excluding hydrogens is 434 g/mol. The van der Waals surface area contributed by atoms with Crippen molar-refractivity contribution in [1.82, 2.24) is 15.5 Å². The molecule has 0 saturated carbocycles. The fraction of sp³-hybridized carbons (Fsp3) is 0.583. The molecule has 0 fully saturated rings. The molecule has 0 aliphatic carbocycles. The van der Waals surface area contributed by atoms with Crippen LogP contribution in [0.1, 0.15) is 40.5 Å². The maximum absolute atomic E-state index is 12.3. The largest absolute Gasteiger partial charge is 0.493 e. The number of nitrogens with two attached hydrogens (primary N) is 1. The lowest BCUT2D eigenvalue weighted by molar-refractivity contribution is -0.122. The van der Waals surface area contributed by atoms with Crippen LogP contribution in [-0.4, -0.2) is 79.8 Å². The number of hydrogen-bond acceptors (Lipinski definition) is 8. The highest BCUT2D eigenvalue weighted by molar-refractivity contribution is 6.42. The molecule has 0 spiro atoms. The minimum atomic E-state index is -1.05. The Kier molecular flexibility index (Phi) is 9.85. The molecule has 1 aromatic rings. The van der Waals surface area contributed by atoms with Crippen LogP contribution in [0.2, 0.25) is 0 Å².